The summed E-state index contributed by atoms with van der Waals surface area (Å²) in [5.41, 5.74) is 0.863. The van der Waals surface area contributed by atoms with Gasteiger partial charge in [-0.1, -0.05) is 30.3 Å². The van der Waals surface area contributed by atoms with E-state index in [9.17, 15) is 9.90 Å². The Morgan fingerprint density at radius 3 is 2.70 bits per heavy atom. The maximum absolute atomic E-state index is 11.3. The van der Waals surface area contributed by atoms with E-state index >= 15 is 0 Å². The summed E-state index contributed by atoms with van der Waals surface area (Å²) in [5.74, 6) is -1.43. The first-order valence-corrected chi connectivity index (χ1v) is 9.07. The molecule has 0 aliphatic carbocycles. The molecular formula is C19H24O8. The van der Waals surface area contributed by atoms with Crippen LogP contribution in [-0.4, -0.2) is 61.3 Å². The highest BCUT2D eigenvalue weighted by atomic mass is 16.9. The SMILES string of the molecule is COC1(CCC(C)=O)O[C@H]2O[C@@H]3CO[C@@H](c4ccccc4)O[C@H]3[C@H](O)[C@H]2O1. The Kier molecular flexibility index (Phi) is 5.30. The minimum Gasteiger partial charge on any atom is -0.387 e. The average Bonchev–Trinajstić information content (AvgIpc) is 3.07. The van der Waals surface area contributed by atoms with Crippen molar-refractivity contribution < 1.29 is 38.3 Å². The number of aliphatic hydroxyl groups is 1. The molecule has 3 fully saturated rings. The molecule has 1 aromatic rings. The molecule has 8 nitrogen and oxygen atoms in total. The molecule has 3 heterocycles. The van der Waals surface area contributed by atoms with Crippen molar-refractivity contribution in [2.45, 2.75) is 62.7 Å². The molecule has 3 aliphatic rings. The zero-order chi connectivity index (χ0) is 19.0. The van der Waals surface area contributed by atoms with Crippen LogP contribution in [0.15, 0.2) is 30.3 Å². The number of benzene rings is 1. The quantitative estimate of drug-likeness (QED) is 0.817. The Hall–Kier alpha value is -1.39. The van der Waals surface area contributed by atoms with Gasteiger partial charge >= 0.3 is 0 Å². The second-order valence-electron chi connectivity index (χ2n) is 7.00. The summed E-state index contributed by atoms with van der Waals surface area (Å²) in [6.45, 7) is 1.74. The minimum absolute atomic E-state index is 0.00827. The number of rotatable bonds is 5. The van der Waals surface area contributed by atoms with E-state index in [4.69, 9.17) is 28.4 Å². The molecule has 27 heavy (non-hydrogen) atoms. The zero-order valence-corrected chi connectivity index (χ0v) is 15.3. The molecule has 1 unspecified atom stereocenters. The van der Waals surface area contributed by atoms with E-state index in [0.29, 0.717) is 0 Å². The highest BCUT2D eigenvalue weighted by Crippen LogP contribution is 2.42. The standard InChI is InChI=1S/C19H24O8/c1-11(20)8-9-19(22-2)26-16-14(21)15-13(24-18(16)27-19)10-23-17(25-15)12-6-4-3-5-7-12/h3-7,13-18,21H,8-10H2,1-2H3/t13-,14+,15-,16-,17-,18-,19?/m1/s1. The van der Waals surface area contributed by atoms with Gasteiger partial charge in [0.2, 0.25) is 0 Å². The number of ketones is 1. The second kappa shape index (κ2) is 7.56. The third kappa shape index (κ3) is 3.66. The molecule has 3 aliphatic heterocycles. The van der Waals surface area contributed by atoms with Gasteiger partial charge in [-0.15, -0.1) is 0 Å². The summed E-state index contributed by atoms with van der Waals surface area (Å²) < 4.78 is 34.7. The highest BCUT2D eigenvalue weighted by Gasteiger charge is 2.59. The number of ether oxygens (including phenoxy) is 6. The Morgan fingerprint density at radius 2 is 2.00 bits per heavy atom. The first-order valence-electron chi connectivity index (χ1n) is 9.07. The first kappa shape index (κ1) is 18.9. The maximum atomic E-state index is 11.3. The van der Waals surface area contributed by atoms with Crippen LogP contribution in [0.1, 0.15) is 31.6 Å². The summed E-state index contributed by atoms with van der Waals surface area (Å²) in [5, 5.41) is 10.9. The topological polar surface area (TPSA) is 92.7 Å². The molecule has 3 saturated heterocycles. The van der Waals surface area contributed by atoms with Gasteiger partial charge in [-0.25, -0.2) is 0 Å². The fourth-order valence-corrected chi connectivity index (χ4v) is 3.62. The van der Waals surface area contributed by atoms with Crippen LogP contribution >= 0.6 is 0 Å². The van der Waals surface area contributed by atoms with E-state index in [-0.39, 0.29) is 25.2 Å². The molecule has 0 saturated carbocycles. The number of aliphatic hydroxyl groups excluding tert-OH is 1. The predicted octanol–water partition coefficient (Wildman–Crippen LogP) is 1.27. The monoisotopic (exact) mass is 380 g/mol. The molecule has 0 spiro atoms. The number of carbonyl (C=O) groups excluding carboxylic acids is 1. The third-order valence-corrected chi connectivity index (χ3v) is 5.09. The number of hydrogen-bond acceptors (Lipinski definition) is 8. The van der Waals surface area contributed by atoms with Gasteiger partial charge in [-0.3, -0.25) is 4.74 Å². The van der Waals surface area contributed by atoms with Gasteiger partial charge in [0, 0.05) is 25.5 Å². The fourth-order valence-electron chi connectivity index (χ4n) is 3.62. The number of hydrogen-bond donors (Lipinski definition) is 1. The van der Waals surface area contributed by atoms with Crippen LogP contribution in [0, 0.1) is 0 Å². The highest BCUT2D eigenvalue weighted by molar-refractivity contribution is 5.75. The third-order valence-electron chi connectivity index (χ3n) is 5.09. The number of Topliss-reactive ketones (excluding diaryl/α,β-unsaturated/α-hetero) is 1. The molecule has 1 N–H and O–H groups in total. The van der Waals surface area contributed by atoms with Gasteiger partial charge in [-0.2, -0.15) is 0 Å². The second-order valence-corrected chi connectivity index (χ2v) is 7.00. The van der Waals surface area contributed by atoms with Crippen LogP contribution in [0.3, 0.4) is 0 Å². The lowest BCUT2D eigenvalue weighted by Crippen LogP contribution is -2.60. The van der Waals surface area contributed by atoms with E-state index in [2.05, 4.69) is 0 Å². The normalized spacial score (nSPS) is 41.0. The van der Waals surface area contributed by atoms with Crippen molar-refractivity contribution in [3.05, 3.63) is 35.9 Å². The molecule has 0 aromatic heterocycles. The van der Waals surface area contributed by atoms with Crippen molar-refractivity contribution in [3.8, 4) is 0 Å². The lowest BCUT2D eigenvalue weighted by molar-refractivity contribution is -0.355. The number of methoxy groups -OCH3 is 1. The summed E-state index contributed by atoms with van der Waals surface area (Å²) in [4.78, 5) is 11.3. The lowest BCUT2D eigenvalue weighted by Gasteiger charge is -2.44. The molecule has 8 heteroatoms. The van der Waals surface area contributed by atoms with Gasteiger partial charge in [0.1, 0.15) is 30.2 Å². The molecule has 148 valence electrons. The van der Waals surface area contributed by atoms with E-state index in [1.54, 1.807) is 0 Å². The van der Waals surface area contributed by atoms with Crippen LogP contribution in [0.5, 0.6) is 0 Å². The van der Waals surface area contributed by atoms with Gasteiger partial charge in [0.25, 0.3) is 5.97 Å². The molecule has 7 atom stereocenters. The lowest BCUT2D eigenvalue weighted by atomic mass is 9.98. The Balaban J connectivity index is 1.48. The summed E-state index contributed by atoms with van der Waals surface area (Å²) in [6, 6.07) is 9.50. The van der Waals surface area contributed by atoms with Crippen molar-refractivity contribution in [2.75, 3.05) is 13.7 Å². The van der Waals surface area contributed by atoms with Gasteiger partial charge in [0.15, 0.2) is 12.6 Å². The van der Waals surface area contributed by atoms with Crippen LogP contribution < -0.4 is 0 Å². The molecule has 0 radical (unpaired) electrons. The minimum atomic E-state index is -1.42. The zero-order valence-electron chi connectivity index (χ0n) is 15.3. The van der Waals surface area contributed by atoms with E-state index in [1.807, 2.05) is 30.3 Å². The van der Waals surface area contributed by atoms with E-state index < -0.39 is 43.0 Å². The van der Waals surface area contributed by atoms with Gasteiger partial charge < -0.3 is 33.6 Å². The van der Waals surface area contributed by atoms with Gasteiger partial charge in [0.05, 0.1) is 6.61 Å². The van der Waals surface area contributed by atoms with E-state index in [1.165, 1.54) is 14.0 Å². The largest absolute Gasteiger partial charge is 0.387 e. The maximum Gasteiger partial charge on any atom is 0.285 e. The Morgan fingerprint density at radius 1 is 1.22 bits per heavy atom. The molecule has 1 aromatic carbocycles. The van der Waals surface area contributed by atoms with Crippen molar-refractivity contribution in [1.29, 1.82) is 0 Å². The Bertz CT molecular complexity index is 667. The molecule has 0 amide bonds. The molecule has 4 rings (SSSR count). The van der Waals surface area contributed by atoms with Crippen molar-refractivity contribution in [2.24, 2.45) is 0 Å². The van der Waals surface area contributed by atoms with Crippen LogP contribution in [0.4, 0.5) is 0 Å². The van der Waals surface area contributed by atoms with Crippen molar-refractivity contribution in [3.63, 3.8) is 0 Å². The average molecular weight is 380 g/mol. The summed E-state index contributed by atoms with van der Waals surface area (Å²) in [7, 11) is 1.43. The van der Waals surface area contributed by atoms with Crippen LogP contribution in [-0.2, 0) is 33.2 Å². The molecular weight excluding hydrogens is 356 g/mol. The molecule has 0 bridgehead atoms. The first-order chi connectivity index (χ1) is 13.0. The van der Waals surface area contributed by atoms with Crippen LogP contribution in [0.2, 0.25) is 0 Å². The summed E-state index contributed by atoms with van der Waals surface area (Å²) >= 11 is 0. The van der Waals surface area contributed by atoms with Crippen molar-refractivity contribution >= 4 is 5.78 Å². The fraction of sp³-hybridized carbons (Fsp3) is 0.632. The van der Waals surface area contributed by atoms with Crippen LogP contribution in [0.25, 0.3) is 0 Å². The Labute approximate surface area is 157 Å². The van der Waals surface area contributed by atoms with Gasteiger partial charge in [-0.05, 0) is 6.92 Å². The summed E-state index contributed by atoms with van der Waals surface area (Å²) in [6.07, 6.45) is -3.87. The number of carbonyl (C=O) groups is 1. The van der Waals surface area contributed by atoms with Crippen molar-refractivity contribution in [1.82, 2.24) is 0 Å². The predicted molar refractivity (Wildman–Crippen MR) is 90.3 cm³/mol. The smallest absolute Gasteiger partial charge is 0.285 e. The van der Waals surface area contributed by atoms with E-state index in [0.717, 1.165) is 5.56 Å². The number of fused-ring (bicyclic) bond motifs is 2.